The van der Waals surface area contributed by atoms with Gasteiger partial charge in [0.15, 0.2) is 0 Å². The van der Waals surface area contributed by atoms with Gasteiger partial charge in [-0.15, -0.1) is 0 Å². The number of aliphatic hydroxyl groups excluding tert-OH is 2. The van der Waals surface area contributed by atoms with Crippen LogP contribution in [0, 0.1) is 0 Å². The molecule has 0 rings (SSSR count). The van der Waals surface area contributed by atoms with Gasteiger partial charge in [0.05, 0.1) is 12.2 Å². The quantitative estimate of drug-likeness (QED) is 0.0594. The van der Waals surface area contributed by atoms with Gasteiger partial charge in [0, 0.05) is 6.42 Å². The largest absolute Gasteiger partial charge is 0.481 e. The number of carboxylic acids is 1. The Hall–Kier alpha value is -2.17. The highest BCUT2D eigenvalue weighted by Crippen LogP contribution is 2.13. The van der Waals surface area contributed by atoms with Crippen molar-refractivity contribution >= 4 is 5.97 Å². The highest BCUT2D eigenvalue weighted by atomic mass is 16.4. The van der Waals surface area contributed by atoms with Crippen LogP contribution in [0.15, 0.2) is 72.9 Å². The van der Waals surface area contributed by atoms with Crippen molar-refractivity contribution in [1.29, 1.82) is 0 Å². The first-order chi connectivity index (χ1) is 18.6. The topological polar surface area (TPSA) is 77.8 Å². The van der Waals surface area contributed by atoms with Crippen molar-refractivity contribution in [2.24, 2.45) is 0 Å². The first-order valence-corrected chi connectivity index (χ1v) is 15.1. The third-order valence-electron chi connectivity index (χ3n) is 6.27. The molecule has 216 valence electrons. The van der Waals surface area contributed by atoms with Crippen LogP contribution in [0.3, 0.4) is 0 Å². The molecule has 0 saturated heterocycles. The van der Waals surface area contributed by atoms with Gasteiger partial charge in [0.25, 0.3) is 0 Å². The fourth-order valence-electron chi connectivity index (χ4n) is 4.00. The molecular weight excluding hydrogens is 472 g/mol. The Morgan fingerprint density at radius 3 is 1.53 bits per heavy atom. The Morgan fingerprint density at radius 2 is 1.03 bits per heavy atom. The zero-order chi connectivity index (χ0) is 27.9. The summed E-state index contributed by atoms with van der Waals surface area (Å²) in [7, 11) is 0. The molecule has 0 aliphatic rings. The monoisotopic (exact) mass is 528 g/mol. The summed E-state index contributed by atoms with van der Waals surface area (Å²) in [4.78, 5) is 10.5. The lowest BCUT2D eigenvalue weighted by atomic mass is 10.0. The molecule has 0 fully saturated rings. The molecule has 0 aliphatic heterocycles. The lowest BCUT2D eigenvalue weighted by molar-refractivity contribution is -0.137. The van der Waals surface area contributed by atoms with Crippen molar-refractivity contribution in [1.82, 2.24) is 0 Å². The Kier molecular flexibility index (Phi) is 27.7. The molecule has 2 atom stereocenters. The lowest BCUT2D eigenvalue weighted by Crippen LogP contribution is -1.98. The van der Waals surface area contributed by atoms with Gasteiger partial charge in [-0.25, -0.2) is 0 Å². The fourth-order valence-corrected chi connectivity index (χ4v) is 4.00. The van der Waals surface area contributed by atoms with E-state index in [0.717, 1.165) is 32.1 Å². The second kappa shape index (κ2) is 29.4. The van der Waals surface area contributed by atoms with Crippen LogP contribution in [0.1, 0.15) is 122 Å². The standard InChI is InChI=1S/C34H56O4/c1-2-3-22-27-32(35)29-24-20-21-25-30-33(36)28-23-18-16-14-12-10-8-6-4-5-7-9-11-13-15-17-19-26-31-34(37)38/h3,12,14,18,20-25,29-30,32-33,35-36H,2,4-11,13,15-17,19,26-28,31H2,1H3,(H,37,38)/b14-12?,21-20+,22-3-,23-18?,29-24-,30-25+/t32-,33?/m0/s1. The Bertz CT molecular complexity index is 699. The first kappa shape index (κ1) is 35.8. The Balaban J connectivity index is 3.53. The molecule has 0 aliphatic carbocycles. The molecule has 0 heterocycles. The van der Waals surface area contributed by atoms with Crippen molar-refractivity contribution in [2.45, 2.75) is 135 Å². The van der Waals surface area contributed by atoms with Crippen molar-refractivity contribution < 1.29 is 20.1 Å². The summed E-state index contributed by atoms with van der Waals surface area (Å²) in [5.41, 5.74) is 0. The van der Waals surface area contributed by atoms with Gasteiger partial charge in [-0.3, -0.25) is 4.79 Å². The van der Waals surface area contributed by atoms with Crippen LogP contribution in [0.5, 0.6) is 0 Å². The number of aliphatic hydroxyl groups is 2. The smallest absolute Gasteiger partial charge is 0.303 e. The predicted octanol–water partition coefficient (Wildman–Crippen LogP) is 9.17. The molecule has 0 bridgehead atoms. The maximum Gasteiger partial charge on any atom is 0.303 e. The molecule has 0 aromatic heterocycles. The number of aliphatic carboxylic acids is 1. The van der Waals surface area contributed by atoms with Gasteiger partial charge in [0.1, 0.15) is 0 Å². The third kappa shape index (κ3) is 30.1. The minimum absolute atomic E-state index is 0.319. The van der Waals surface area contributed by atoms with Crippen LogP contribution in [0.4, 0.5) is 0 Å². The van der Waals surface area contributed by atoms with E-state index in [-0.39, 0.29) is 0 Å². The van der Waals surface area contributed by atoms with Crippen LogP contribution < -0.4 is 0 Å². The maximum atomic E-state index is 10.5. The summed E-state index contributed by atoms with van der Waals surface area (Å²) in [5, 5.41) is 28.4. The number of rotatable bonds is 26. The molecule has 0 radical (unpaired) electrons. The summed E-state index contributed by atoms with van der Waals surface area (Å²) in [6.07, 6.45) is 42.1. The summed E-state index contributed by atoms with van der Waals surface area (Å²) < 4.78 is 0. The Morgan fingerprint density at radius 1 is 0.579 bits per heavy atom. The number of allylic oxidation sites excluding steroid dienone is 8. The van der Waals surface area contributed by atoms with E-state index in [0.29, 0.717) is 19.3 Å². The molecule has 4 nitrogen and oxygen atoms in total. The van der Waals surface area contributed by atoms with E-state index in [9.17, 15) is 15.0 Å². The predicted molar refractivity (Wildman–Crippen MR) is 163 cm³/mol. The van der Waals surface area contributed by atoms with Gasteiger partial charge >= 0.3 is 5.97 Å². The van der Waals surface area contributed by atoms with Crippen LogP contribution in [-0.2, 0) is 4.79 Å². The van der Waals surface area contributed by atoms with Crippen LogP contribution in [0.2, 0.25) is 0 Å². The second-order valence-electron chi connectivity index (χ2n) is 9.99. The first-order valence-electron chi connectivity index (χ1n) is 15.1. The molecule has 38 heavy (non-hydrogen) atoms. The average Bonchev–Trinajstić information content (AvgIpc) is 2.89. The minimum Gasteiger partial charge on any atom is -0.481 e. The van der Waals surface area contributed by atoms with Crippen LogP contribution in [-0.4, -0.2) is 33.5 Å². The third-order valence-corrected chi connectivity index (χ3v) is 6.27. The zero-order valence-electron chi connectivity index (χ0n) is 24.1. The lowest BCUT2D eigenvalue weighted by Gasteiger charge is -2.02. The fraction of sp³-hybridized carbons (Fsp3) is 0.618. The van der Waals surface area contributed by atoms with Gasteiger partial charge in [-0.1, -0.05) is 144 Å². The molecule has 0 amide bonds. The number of hydrogen-bond acceptors (Lipinski definition) is 3. The van der Waals surface area contributed by atoms with Gasteiger partial charge in [-0.05, 0) is 44.9 Å². The zero-order valence-corrected chi connectivity index (χ0v) is 24.1. The molecular formula is C34H56O4. The van der Waals surface area contributed by atoms with Crippen molar-refractivity contribution in [2.75, 3.05) is 0 Å². The van der Waals surface area contributed by atoms with Gasteiger partial charge < -0.3 is 15.3 Å². The highest BCUT2D eigenvalue weighted by molar-refractivity contribution is 5.66. The van der Waals surface area contributed by atoms with Crippen molar-refractivity contribution in [3.8, 4) is 0 Å². The second-order valence-corrected chi connectivity index (χ2v) is 9.99. The maximum absolute atomic E-state index is 10.5. The number of carboxylic acid groups (broad SMARTS) is 1. The molecule has 0 spiro atoms. The summed E-state index contributed by atoms with van der Waals surface area (Å²) in [5.74, 6) is -0.672. The molecule has 0 saturated carbocycles. The summed E-state index contributed by atoms with van der Waals surface area (Å²) >= 11 is 0. The summed E-state index contributed by atoms with van der Waals surface area (Å²) in [6, 6.07) is 0. The number of hydrogen-bond donors (Lipinski definition) is 3. The van der Waals surface area contributed by atoms with Gasteiger partial charge in [0.2, 0.25) is 0 Å². The van der Waals surface area contributed by atoms with Crippen molar-refractivity contribution in [3.63, 3.8) is 0 Å². The summed E-state index contributed by atoms with van der Waals surface area (Å²) in [6.45, 7) is 2.07. The van der Waals surface area contributed by atoms with E-state index in [1.165, 1.54) is 64.2 Å². The normalized spacial score (nSPS) is 14.4. The number of unbranched alkanes of at least 4 members (excludes halogenated alkanes) is 12. The van der Waals surface area contributed by atoms with Crippen molar-refractivity contribution in [3.05, 3.63) is 72.9 Å². The van der Waals surface area contributed by atoms with Crippen LogP contribution >= 0.6 is 0 Å². The van der Waals surface area contributed by atoms with E-state index >= 15 is 0 Å². The van der Waals surface area contributed by atoms with E-state index in [4.69, 9.17) is 5.11 Å². The van der Waals surface area contributed by atoms with Crippen LogP contribution in [0.25, 0.3) is 0 Å². The minimum atomic E-state index is -0.672. The average molecular weight is 529 g/mol. The SMILES string of the molecule is CC/C=C\C[C@H](O)\C=C/C=C/C=C/C(O)CC=CCC=CCCCCCCCCCCCCCCC(=O)O. The molecule has 0 aromatic carbocycles. The molecule has 1 unspecified atom stereocenters. The molecule has 4 heteroatoms. The highest BCUT2D eigenvalue weighted by Gasteiger charge is 1.97. The van der Waals surface area contributed by atoms with E-state index < -0.39 is 18.2 Å². The van der Waals surface area contributed by atoms with E-state index in [1.54, 1.807) is 12.2 Å². The molecule has 3 N–H and O–H groups in total. The van der Waals surface area contributed by atoms with Gasteiger partial charge in [-0.2, -0.15) is 0 Å². The number of carbonyl (C=O) groups is 1. The Labute approximate surface area is 233 Å². The van der Waals surface area contributed by atoms with E-state index in [1.807, 2.05) is 36.5 Å². The molecule has 0 aromatic rings. The van der Waals surface area contributed by atoms with E-state index in [2.05, 4.69) is 31.2 Å².